The SMILES string of the molecule is CC(NC(=O)Cn1c(-c2cccs2)nc2ccccc21)c1ccccc1. The molecule has 1 N–H and O–H groups in total. The molecule has 0 bridgehead atoms. The van der Waals surface area contributed by atoms with Crippen molar-refractivity contribution in [1.29, 1.82) is 0 Å². The van der Waals surface area contributed by atoms with Gasteiger partial charge in [0.05, 0.1) is 22.0 Å². The van der Waals surface area contributed by atoms with Crippen LogP contribution >= 0.6 is 11.3 Å². The van der Waals surface area contributed by atoms with Crippen LogP contribution in [0.4, 0.5) is 0 Å². The van der Waals surface area contributed by atoms with Gasteiger partial charge in [-0.25, -0.2) is 4.98 Å². The van der Waals surface area contributed by atoms with Crippen molar-refractivity contribution in [2.24, 2.45) is 0 Å². The van der Waals surface area contributed by atoms with Crippen LogP contribution in [-0.4, -0.2) is 15.5 Å². The first-order valence-electron chi connectivity index (χ1n) is 8.56. The minimum absolute atomic E-state index is 0.0256. The molecular formula is C21H19N3OS. The lowest BCUT2D eigenvalue weighted by molar-refractivity contribution is -0.122. The number of thiophene rings is 1. The van der Waals surface area contributed by atoms with E-state index in [2.05, 4.69) is 5.32 Å². The molecular weight excluding hydrogens is 342 g/mol. The number of fused-ring (bicyclic) bond motifs is 1. The second-order valence-electron chi connectivity index (χ2n) is 6.19. The topological polar surface area (TPSA) is 46.9 Å². The molecule has 26 heavy (non-hydrogen) atoms. The summed E-state index contributed by atoms with van der Waals surface area (Å²) in [5.74, 6) is 0.811. The first-order valence-corrected chi connectivity index (χ1v) is 9.44. The number of carbonyl (C=O) groups is 1. The molecule has 2 heterocycles. The number of hydrogen-bond donors (Lipinski definition) is 1. The Hall–Kier alpha value is -2.92. The normalized spacial score (nSPS) is 12.2. The monoisotopic (exact) mass is 361 g/mol. The highest BCUT2D eigenvalue weighted by atomic mass is 32.1. The summed E-state index contributed by atoms with van der Waals surface area (Å²) in [5, 5.41) is 5.11. The van der Waals surface area contributed by atoms with Gasteiger partial charge in [-0.3, -0.25) is 4.79 Å². The quantitative estimate of drug-likeness (QED) is 0.563. The molecule has 2 aromatic carbocycles. The van der Waals surface area contributed by atoms with E-state index in [9.17, 15) is 4.79 Å². The number of nitrogens with zero attached hydrogens (tertiary/aromatic N) is 2. The summed E-state index contributed by atoms with van der Waals surface area (Å²) in [5.41, 5.74) is 2.97. The van der Waals surface area contributed by atoms with Crippen LogP contribution < -0.4 is 5.32 Å². The first-order chi connectivity index (χ1) is 12.7. The number of benzene rings is 2. The smallest absolute Gasteiger partial charge is 0.240 e. The zero-order chi connectivity index (χ0) is 17.9. The largest absolute Gasteiger partial charge is 0.348 e. The van der Waals surface area contributed by atoms with E-state index >= 15 is 0 Å². The molecule has 0 aliphatic rings. The zero-order valence-electron chi connectivity index (χ0n) is 14.4. The van der Waals surface area contributed by atoms with Crippen molar-refractivity contribution < 1.29 is 4.79 Å². The summed E-state index contributed by atoms with van der Waals surface area (Å²) in [6.45, 7) is 2.24. The van der Waals surface area contributed by atoms with Gasteiger partial charge in [-0.15, -0.1) is 11.3 Å². The summed E-state index contributed by atoms with van der Waals surface area (Å²) in [6.07, 6.45) is 0. The third-order valence-corrected chi connectivity index (χ3v) is 5.24. The van der Waals surface area contributed by atoms with Gasteiger partial charge in [0.2, 0.25) is 5.91 Å². The molecule has 0 saturated heterocycles. The van der Waals surface area contributed by atoms with Crippen molar-refractivity contribution in [2.45, 2.75) is 19.5 Å². The first kappa shape index (κ1) is 16.5. The van der Waals surface area contributed by atoms with Gasteiger partial charge < -0.3 is 9.88 Å². The second kappa shape index (κ2) is 7.14. The summed E-state index contributed by atoms with van der Waals surface area (Å²) >= 11 is 1.63. The molecule has 4 aromatic rings. The number of aromatic nitrogens is 2. The highest BCUT2D eigenvalue weighted by molar-refractivity contribution is 7.13. The molecule has 0 aliphatic heterocycles. The summed E-state index contributed by atoms with van der Waals surface area (Å²) in [4.78, 5) is 18.5. The van der Waals surface area contributed by atoms with E-state index in [1.54, 1.807) is 11.3 Å². The molecule has 2 aromatic heterocycles. The number of rotatable bonds is 5. The Kier molecular flexibility index (Phi) is 4.54. The molecule has 0 aliphatic carbocycles. The van der Waals surface area contributed by atoms with Crippen molar-refractivity contribution >= 4 is 28.3 Å². The lowest BCUT2D eigenvalue weighted by atomic mass is 10.1. The van der Waals surface area contributed by atoms with E-state index in [-0.39, 0.29) is 18.5 Å². The lowest BCUT2D eigenvalue weighted by Crippen LogP contribution is -2.30. The van der Waals surface area contributed by atoms with Gasteiger partial charge in [-0.05, 0) is 36.1 Å². The third-order valence-electron chi connectivity index (χ3n) is 4.37. The van der Waals surface area contributed by atoms with Crippen LogP contribution in [0.1, 0.15) is 18.5 Å². The van der Waals surface area contributed by atoms with Crippen molar-refractivity contribution in [1.82, 2.24) is 14.9 Å². The van der Waals surface area contributed by atoms with E-state index in [0.29, 0.717) is 0 Å². The van der Waals surface area contributed by atoms with E-state index in [1.165, 1.54) is 0 Å². The van der Waals surface area contributed by atoms with Crippen molar-refractivity contribution in [3.05, 3.63) is 77.7 Å². The van der Waals surface area contributed by atoms with Gasteiger partial charge in [-0.1, -0.05) is 48.5 Å². The Morgan fingerprint density at radius 2 is 1.85 bits per heavy atom. The fraction of sp³-hybridized carbons (Fsp3) is 0.143. The predicted octanol–water partition coefficient (Wildman–Crippen LogP) is 4.64. The highest BCUT2D eigenvalue weighted by Crippen LogP contribution is 2.28. The summed E-state index contributed by atoms with van der Waals surface area (Å²) in [6, 6.07) is 21.9. The van der Waals surface area contributed by atoms with Crippen molar-refractivity contribution in [3.63, 3.8) is 0 Å². The molecule has 0 spiro atoms. The van der Waals surface area contributed by atoms with E-state index in [0.717, 1.165) is 27.3 Å². The number of para-hydroxylation sites is 2. The van der Waals surface area contributed by atoms with Crippen LogP contribution in [0.3, 0.4) is 0 Å². The van der Waals surface area contributed by atoms with Crippen molar-refractivity contribution in [3.8, 4) is 10.7 Å². The molecule has 130 valence electrons. The van der Waals surface area contributed by atoms with Gasteiger partial charge in [0.15, 0.2) is 5.82 Å². The highest BCUT2D eigenvalue weighted by Gasteiger charge is 2.17. The Labute approximate surface area is 156 Å². The predicted molar refractivity (Wildman–Crippen MR) is 106 cm³/mol. The molecule has 0 saturated carbocycles. The summed E-state index contributed by atoms with van der Waals surface area (Å²) in [7, 11) is 0. The van der Waals surface area contributed by atoms with Crippen LogP contribution in [0.5, 0.6) is 0 Å². The van der Waals surface area contributed by atoms with Gasteiger partial charge in [-0.2, -0.15) is 0 Å². The zero-order valence-corrected chi connectivity index (χ0v) is 15.2. The third kappa shape index (κ3) is 3.26. The Balaban J connectivity index is 1.62. The molecule has 0 radical (unpaired) electrons. The number of amides is 1. The number of imidazole rings is 1. The van der Waals surface area contributed by atoms with Crippen LogP contribution in [0.2, 0.25) is 0 Å². The van der Waals surface area contributed by atoms with Crippen LogP contribution in [0.15, 0.2) is 72.1 Å². The molecule has 1 amide bonds. The number of nitrogens with one attached hydrogen (secondary N) is 1. The maximum Gasteiger partial charge on any atom is 0.240 e. The van der Waals surface area contributed by atoms with E-state index < -0.39 is 0 Å². The number of carbonyl (C=O) groups excluding carboxylic acids is 1. The van der Waals surface area contributed by atoms with Crippen LogP contribution in [0.25, 0.3) is 21.7 Å². The standard InChI is InChI=1S/C21H19N3OS/c1-15(16-8-3-2-4-9-16)22-20(25)14-24-18-11-6-5-10-17(18)23-21(24)19-12-7-13-26-19/h2-13,15H,14H2,1H3,(H,22,25). The second-order valence-corrected chi connectivity index (χ2v) is 7.14. The fourth-order valence-corrected chi connectivity index (χ4v) is 3.81. The Morgan fingerprint density at radius 3 is 2.62 bits per heavy atom. The van der Waals surface area contributed by atoms with E-state index in [1.807, 2.05) is 83.6 Å². The van der Waals surface area contributed by atoms with Gasteiger partial charge >= 0.3 is 0 Å². The number of hydrogen-bond acceptors (Lipinski definition) is 3. The maximum atomic E-state index is 12.7. The van der Waals surface area contributed by atoms with E-state index in [4.69, 9.17) is 4.98 Å². The molecule has 1 atom stereocenters. The average molecular weight is 361 g/mol. The summed E-state index contributed by atoms with van der Waals surface area (Å²) < 4.78 is 1.99. The molecule has 0 fully saturated rings. The van der Waals surface area contributed by atoms with Gasteiger partial charge in [0.25, 0.3) is 0 Å². The molecule has 4 nitrogen and oxygen atoms in total. The minimum Gasteiger partial charge on any atom is -0.348 e. The fourth-order valence-electron chi connectivity index (χ4n) is 3.09. The van der Waals surface area contributed by atoms with Crippen LogP contribution in [0, 0.1) is 0 Å². The van der Waals surface area contributed by atoms with Crippen molar-refractivity contribution in [2.75, 3.05) is 0 Å². The molecule has 4 rings (SSSR count). The Morgan fingerprint density at radius 1 is 1.08 bits per heavy atom. The van der Waals surface area contributed by atoms with Gasteiger partial charge in [0, 0.05) is 0 Å². The lowest BCUT2D eigenvalue weighted by Gasteiger charge is -2.15. The molecule has 5 heteroatoms. The molecule has 1 unspecified atom stereocenters. The average Bonchev–Trinajstić information content (AvgIpc) is 3.31. The maximum absolute atomic E-state index is 12.7. The van der Waals surface area contributed by atoms with Gasteiger partial charge in [0.1, 0.15) is 6.54 Å². The van der Waals surface area contributed by atoms with Crippen LogP contribution in [-0.2, 0) is 11.3 Å². The minimum atomic E-state index is -0.0383. The Bertz CT molecular complexity index is 1020.